The number of rotatable bonds is 10. The first-order valence-electron chi connectivity index (χ1n) is 9.21. The minimum absolute atomic E-state index is 0.697. The van der Waals surface area contributed by atoms with E-state index in [0.29, 0.717) is 5.02 Å². The molecule has 0 spiro atoms. The molecule has 0 radical (unpaired) electrons. The van der Waals surface area contributed by atoms with E-state index in [1.807, 2.05) is 6.07 Å². The van der Waals surface area contributed by atoms with Crippen molar-refractivity contribution < 1.29 is 4.42 Å². The van der Waals surface area contributed by atoms with Gasteiger partial charge in [-0.25, -0.2) is 0 Å². The molecule has 2 rings (SSSR count). The van der Waals surface area contributed by atoms with E-state index in [-0.39, 0.29) is 0 Å². The summed E-state index contributed by atoms with van der Waals surface area (Å²) >= 11 is 3.82. The number of pyridine rings is 1. The molecule has 0 atom stereocenters. The SMILES string of the molecule is CCC[CH2][Sn]([CH2]CCC)([CH2]CCC)[c]1cc2nccc(Cl)c2o1. The van der Waals surface area contributed by atoms with Gasteiger partial charge in [0.05, 0.1) is 0 Å². The van der Waals surface area contributed by atoms with Crippen LogP contribution in [0.5, 0.6) is 0 Å². The van der Waals surface area contributed by atoms with Crippen molar-refractivity contribution in [2.45, 2.75) is 72.6 Å². The Hall–Kier alpha value is -0.221. The monoisotopic (exact) mass is 443 g/mol. The number of hydrogen-bond donors (Lipinski definition) is 0. The number of aromatic nitrogens is 1. The molecular formula is C19H30ClNOSn. The van der Waals surface area contributed by atoms with Crippen molar-refractivity contribution >= 4 is 44.9 Å². The second kappa shape index (κ2) is 9.31. The van der Waals surface area contributed by atoms with Gasteiger partial charge < -0.3 is 0 Å². The molecule has 0 aliphatic heterocycles. The van der Waals surface area contributed by atoms with Crippen molar-refractivity contribution in [3.63, 3.8) is 0 Å². The van der Waals surface area contributed by atoms with Crippen molar-refractivity contribution in [3.05, 3.63) is 23.4 Å². The van der Waals surface area contributed by atoms with E-state index in [1.165, 1.54) is 55.6 Å². The molecule has 128 valence electrons. The predicted molar refractivity (Wildman–Crippen MR) is 104 cm³/mol. The fourth-order valence-electron chi connectivity index (χ4n) is 3.46. The van der Waals surface area contributed by atoms with Gasteiger partial charge in [-0.2, -0.15) is 0 Å². The number of halogens is 1. The summed E-state index contributed by atoms with van der Waals surface area (Å²) in [4.78, 5) is 4.47. The fourth-order valence-corrected chi connectivity index (χ4v) is 18.9. The molecule has 23 heavy (non-hydrogen) atoms. The Morgan fingerprint density at radius 3 is 2.04 bits per heavy atom. The van der Waals surface area contributed by atoms with Crippen molar-refractivity contribution in [1.29, 1.82) is 0 Å². The van der Waals surface area contributed by atoms with Crippen LogP contribution in [-0.2, 0) is 0 Å². The molecule has 0 saturated carbocycles. The van der Waals surface area contributed by atoms with E-state index in [4.69, 9.17) is 16.0 Å². The van der Waals surface area contributed by atoms with Crippen LogP contribution in [-0.4, -0.2) is 23.4 Å². The average Bonchev–Trinajstić information content (AvgIpc) is 3.01. The third-order valence-corrected chi connectivity index (χ3v) is 20.1. The van der Waals surface area contributed by atoms with Crippen LogP contribution in [0.4, 0.5) is 0 Å². The van der Waals surface area contributed by atoms with E-state index in [1.54, 1.807) is 6.20 Å². The van der Waals surface area contributed by atoms with Crippen LogP contribution in [0.2, 0.25) is 18.3 Å². The molecule has 0 saturated heterocycles. The molecule has 2 aromatic rings. The van der Waals surface area contributed by atoms with Crippen LogP contribution in [0, 0.1) is 0 Å². The van der Waals surface area contributed by atoms with Gasteiger partial charge in [0.15, 0.2) is 0 Å². The zero-order valence-corrected chi connectivity index (χ0v) is 18.4. The Balaban J connectivity index is 2.43. The van der Waals surface area contributed by atoms with Crippen molar-refractivity contribution in [1.82, 2.24) is 4.98 Å². The average molecular weight is 443 g/mol. The van der Waals surface area contributed by atoms with Crippen LogP contribution in [0.25, 0.3) is 11.1 Å². The third-order valence-electron chi connectivity index (χ3n) is 4.91. The van der Waals surface area contributed by atoms with E-state index in [9.17, 15) is 0 Å². The fraction of sp³-hybridized carbons (Fsp3) is 0.632. The molecule has 2 heterocycles. The van der Waals surface area contributed by atoms with Gasteiger partial charge in [-0.05, 0) is 0 Å². The number of unbranched alkanes of at least 4 members (excludes halogenated alkanes) is 3. The zero-order chi connectivity index (χ0) is 16.7. The summed E-state index contributed by atoms with van der Waals surface area (Å²) in [6.07, 6.45) is 9.61. The Kier molecular flexibility index (Phi) is 7.74. The zero-order valence-electron chi connectivity index (χ0n) is 14.8. The maximum atomic E-state index is 6.35. The van der Waals surface area contributed by atoms with Crippen LogP contribution < -0.4 is 3.78 Å². The second-order valence-electron chi connectivity index (χ2n) is 6.71. The van der Waals surface area contributed by atoms with Crippen molar-refractivity contribution in [2.75, 3.05) is 0 Å². The predicted octanol–water partition coefficient (Wildman–Crippen LogP) is 6.54. The summed E-state index contributed by atoms with van der Waals surface area (Å²) in [5.74, 6) is 0. The Labute approximate surface area is 149 Å². The molecule has 2 nitrogen and oxygen atoms in total. The molecular weight excluding hydrogens is 412 g/mol. The van der Waals surface area contributed by atoms with Crippen molar-refractivity contribution in [2.24, 2.45) is 0 Å². The topological polar surface area (TPSA) is 26.0 Å². The van der Waals surface area contributed by atoms with Gasteiger partial charge in [-0.15, -0.1) is 0 Å². The van der Waals surface area contributed by atoms with E-state index >= 15 is 0 Å². The molecule has 0 fully saturated rings. The number of nitrogens with zero attached hydrogens (tertiary/aromatic N) is 1. The summed E-state index contributed by atoms with van der Waals surface area (Å²) in [5, 5.41) is 0.697. The summed E-state index contributed by atoms with van der Waals surface area (Å²) < 4.78 is 11.9. The Morgan fingerprint density at radius 1 is 1.00 bits per heavy atom. The van der Waals surface area contributed by atoms with Crippen molar-refractivity contribution in [3.8, 4) is 0 Å². The van der Waals surface area contributed by atoms with Crippen LogP contribution in [0.1, 0.15) is 59.3 Å². The maximum absolute atomic E-state index is 6.35. The van der Waals surface area contributed by atoms with Gasteiger partial charge in [0.1, 0.15) is 0 Å². The second-order valence-corrected chi connectivity index (χ2v) is 20.1. The van der Waals surface area contributed by atoms with E-state index in [2.05, 4.69) is 31.8 Å². The standard InChI is InChI=1S/C7H3ClNO.3C4H9.Sn/c8-5-1-3-9-6-2-4-10-7(5)6;3*1-3-4-2;/h1-3H;3*1,3-4H2,2H3;. The quantitative estimate of drug-likeness (QED) is 0.391. The van der Waals surface area contributed by atoms with Gasteiger partial charge in [-0.1, -0.05) is 0 Å². The van der Waals surface area contributed by atoms with Gasteiger partial charge >= 0.3 is 150 Å². The molecule has 2 aromatic heterocycles. The number of hydrogen-bond acceptors (Lipinski definition) is 2. The van der Waals surface area contributed by atoms with Gasteiger partial charge in [0.2, 0.25) is 0 Å². The molecule has 0 aromatic carbocycles. The molecule has 0 N–H and O–H groups in total. The number of fused-ring (bicyclic) bond motifs is 1. The van der Waals surface area contributed by atoms with Gasteiger partial charge in [-0.3, -0.25) is 0 Å². The summed E-state index contributed by atoms with van der Waals surface area (Å²) in [5.41, 5.74) is 1.74. The molecule has 4 heteroatoms. The van der Waals surface area contributed by atoms with Crippen LogP contribution in [0.3, 0.4) is 0 Å². The first-order chi connectivity index (χ1) is 11.2. The number of furan rings is 1. The van der Waals surface area contributed by atoms with E-state index < -0.39 is 18.4 Å². The van der Waals surface area contributed by atoms with E-state index in [0.717, 1.165) is 11.1 Å². The summed E-state index contributed by atoms with van der Waals surface area (Å²) in [6, 6.07) is 4.07. The van der Waals surface area contributed by atoms with Crippen LogP contribution in [0.15, 0.2) is 22.7 Å². The van der Waals surface area contributed by atoms with Crippen LogP contribution >= 0.6 is 11.6 Å². The molecule has 0 bridgehead atoms. The minimum atomic E-state index is -2.50. The molecule has 0 aliphatic rings. The summed E-state index contributed by atoms with van der Waals surface area (Å²) in [7, 11) is 0. The Bertz CT molecular complexity index is 589. The molecule has 0 unspecified atom stereocenters. The first-order valence-corrected chi connectivity index (χ1v) is 17.1. The summed E-state index contributed by atoms with van der Waals surface area (Å²) in [6.45, 7) is 6.90. The molecule has 0 aliphatic carbocycles. The van der Waals surface area contributed by atoms with Gasteiger partial charge in [0.25, 0.3) is 0 Å². The Morgan fingerprint density at radius 2 is 1.57 bits per heavy atom. The molecule has 0 amide bonds. The third kappa shape index (κ3) is 4.66. The first kappa shape index (κ1) is 19.1. The normalized spacial score (nSPS) is 12.2. The van der Waals surface area contributed by atoms with Gasteiger partial charge in [0, 0.05) is 0 Å².